The van der Waals surface area contributed by atoms with E-state index >= 15 is 0 Å². The molecule has 0 amide bonds. The topological polar surface area (TPSA) is 67.6 Å². The average molecular weight is 416 g/mol. The highest BCUT2D eigenvalue weighted by atomic mass is 16.1. The minimum absolute atomic E-state index is 0.0523. The largest absolute Gasteiger partial charge is 0.340 e. The molecule has 0 bridgehead atoms. The zero-order valence-electron chi connectivity index (χ0n) is 18.4. The molecule has 6 nitrogen and oxygen atoms in total. The van der Waals surface area contributed by atoms with Crippen LogP contribution in [-0.2, 0) is 13.1 Å². The molecule has 6 heteroatoms. The molecule has 0 saturated carbocycles. The number of rotatable bonds is 5. The maximum Gasteiger partial charge on any atom is 0.329 e. The van der Waals surface area contributed by atoms with Crippen LogP contribution in [0.4, 0.5) is 0 Å². The van der Waals surface area contributed by atoms with Crippen LogP contribution in [0.1, 0.15) is 44.1 Å². The van der Waals surface area contributed by atoms with Gasteiger partial charge in [0.05, 0.1) is 28.5 Å². The normalized spacial score (nSPS) is 16.4. The van der Waals surface area contributed by atoms with Crippen molar-refractivity contribution in [2.45, 2.75) is 52.7 Å². The van der Waals surface area contributed by atoms with Crippen molar-refractivity contribution in [1.82, 2.24) is 24.4 Å². The summed E-state index contributed by atoms with van der Waals surface area (Å²) >= 11 is 0. The molecule has 0 unspecified atom stereocenters. The summed E-state index contributed by atoms with van der Waals surface area (Å²) in [5, 5.41) is 3.55. The smallest absolute Gasteiger partial charge is 0.329 e. The predicted molar refractivity (Wildman–Crippen MR) is 125 cm³/mol. The third-order valence-electron chi connectivity index (χ3n) is 6.34. The van der Waals surface area contributed by atoms with E-state index in [-0.39, 0.29) is 11.7 Å². The molecular weight excluding hydrogens is 386 g/mol. The Hall–Kier alpha value is -3.12. The van der Waals surface area contributed by atoms with Crippen molar-refractivity contribution >= 4 is 11.0 Å². The van der Waals surface area contributed by atoms with E-state index in [1.807, 2.05) is 23.0 Å². The third kappa shape index (κ3) is 3.31. The molecule has 5 rings (SSSR count). The number of hydrogen-bond acceptors (Lipinski definition) is 3. The van der Waals surface area contributed by atoms with Gasteiger partial charge in [0.15, 0.2) is 0 Å². The molecule has 1 fully saturated rings. The molecule has 2 aromatic carbocycles. The molecule has 4 aromatic rings. The number of aromatic amines is 1. The maximum absolute atomic E-state index is 12.8. The number of nitrogens with zero attached hydrogens (tertiary/aromatic N) is 3. The van der Waals surface area contributed by atoms with Gasteiger partial charge in [0.25, 0.3) is 0 Å². The fraction of sp³-hybridized carbons (Fsp3) is 0.360. The van der Waals surface area contributed by atoms with Crippen LogP contribution in [0.25, 0.3) is 33.5 Å². The van der Waals surface area contributed by atoms with E-state index in [2.05, 4.69) is 59.7 Å². The molecule has 2 aromatic heterocycles. The van der Waals surface area contributed by atoms with Crippen molar-refractivity contribution in [3.05, 3.63) is 64.3 Å². The fourth-order valence-corrected chi connectivity index (χ4v) is 4.77. The molecule has 0 aliphatic carbocycles. The van der Waals surface area contributed by atoms with Gasteiger partial charge in [-0.15, -0.1) is 0 Å². The van der Waals surface area contributed by atoms with Crippen LogP contribution in [0.15, 0.2) is 47.3 Å². The molecule has 31 heavy (non-hydrogen) atoms. The van der Waals surface area contributed by atoms with Gasteiger partial charge in [0.1, 0.15) is 5.82 Å². The number of nitrogens with one attached hydrogen (secondary N) is 2. The summed E-state index contributed by atoms with van der Waals surface area (Å²) < 4.78 is 3.69. The molecule has 1 saturated heterocycles. The van der Waals surface area contributed by atoms with Crippen LogP contribution >= 0.6 is 0 Å². The van der Waals surface area contributed by atoms with E-state index in [1.165, 1.54) is 12.0 Å². The molecule has 1 atom stereocenters. The average Bonchev–Trinajstić information content (AvgIpc) is 3.50. The highest BCUT2D eigenvalue weighted by Gasteiger charge is 2.23. The molecule has 1 aliphatic rings. The number of hydrogen-bond donors (Lipinski definition) is 2. The summed E-state index contributed by atoms with van der Waals surface area (Å²) in [6, 6.07) is 15.0. The van der Waals surface area contributed by atoms with Gasteiger partial charge in [-0.05, 0) is 58.4 Å². The van der Waals surface area contributed by atoms with Crippen molar-refractivity contribution < 1.29 is 0 Å². The number of aryl methyl sites for hydroxylation is 3. The molecular formula is C25H29N5O. The van der Waals surface area contributed by atoms with Crippen LogP contribution in [-0.4, -0.2) is 25.6 Å². The second-order valence-electron chi connectivity index (χ2n) is 8.34. The van der Waals surface area contributed by atoms with E-state index < -0.39 is 0 Å². The zero-order chi connectivity index (χ0) is 21.5. The molecule has 2 N–H and O–H groups in total. The van der Waals surface area contributed by atoms with Gasteiger partial charge in [-0.3, -0.25) is 9.13 Å². The lowest BCUT2D eigenvalue weighted by molar-refractivity contribution is 0.613. The second-order valence-corrected chi connectivity index (χ2v) is 8.34. The van der Waals surface area contributed by atoms with Crippen LogP contribution in [0.2, 0.25) is 0 Å². The van der Waals surface area contributed by atoms with Gasteiger partial charge in [-0.25, -0.2) is 9.78 Å². The van der Waals surface area contributed by atoms with Crippen molar-refractivity contribution in [1.29, 1.82) is 0 Å². The first-order valence-corrected chi connectivity index (χ1v) is 11.2. The predicted octanol–water partition coefficient (Wildman–Crippen LogP) is 4.63. The van der Waals surface area contributed by atoms with Crippen molar-refractivity contribution in [3.8, 4) is 22.5 Å². The van der Waals surface area contributed by atoms with Crippen LogP contribution in [0, 0.1) is 6.92 Å². The summed E-state index contributed by atoms with van der Waals surface area (Å²) in [5.41, 5.74) is 7.34. The van der Waals surface area contributed by atoms with Gasteiger partial charge in [-0.1, -0.05) is 29.8 Å². The zero-order valence-corrected chi connectivity index (χ0v) is 18.4. The first-order chi connectivity index (χ1) is 15.1. The molecule has 1 aliphatic heterocycles. The number of imidazole rings is 2. The summed E-state index contributed by atoms with van der Waals surface area (Å²) in [6.07, 6.45) is 2.26. The first-order valence-electron chi connectivity index (χ1n) is 11.2. The lowest BCUT2D eigenvalue weighted by Crippen LogP contribution is -2.22. The first kappa shape index (κ1) is 19.8. The Labute approximate surface area is 181 Å². The van der Waals surface area contributed by atoms with Gasteiger partial charge < -0.3 is 10.3 Å². The van der Waals surface area contributed by atoms with Crippen molar-refractivity contribution in [2.24, 2.45) is 0 Å². The Bertz CT molecular complexity index is 1300. The van der Waals surface area contributed by atoms with E-state index in [4.69, 9.17) is 4.98 Å². The second kappa shape index (κ2) is 7.85. The Balaban J connectivity index is 1.72. The minimum atomic E-state index is 0.0523. The Morgan fingerprint density at radius 2 is 1.84 bits per heavy atom. The Morgan fingerprint density at radius 1 is 1.03 bits per heavy atom. The maximum atomic E-state index is 12.8. The summed E-state index contributed by atoms with van der Waals surface area (Å²) in [5.74, 6) is 0.989. The van der Waals surface area contributed by atoms with Gasteiger partial charge >= 0.3 is 5.69 Å². The molecule has 0 spiro atoms. The van der Waals surface area contributed by atoms with Crippen LogP contribution in [0.3, 0.4) is 0 Å². The highest BCUT2D eigenvalue weighted by Crippen LogP contribution is 2.34. The number of aromatic nitrogens is 4. The minimum Gasteiger partial charge on any atom is -0.340 e. The summed E-state index contributed by atoms with van der Waals surface area (Å²) in [6.45, 7) is 8.48. The lowest BCUT2D eigenvalue weighted by Gasteiger charge is -2.06. The molecule has 160 valence electrons. The van der Waals surface area contributed by atoms with E-state index in [1.54, 1.807) is 0 Å². The van der Waals surface area contributed by atoms with Crippen molar-refractivity contribution in [3.63, 3.8) is 0 Å². The van der Waals surface area contributed by atoms with E-state index in [9.17, 15) is 4.79 Å². The highest BCUT2D eigenvalue weighted by molar-refractivity contribution is 5.86. The van der Waals surface area contributed by atoms with Gasteiger partial charge in [0.2, 0.25) is 0 Å². The Morgan fingerprint density at radius 3 is 2.55 bits per heavy atom. The summed E-state index contributed by atoms with van der Waals surface area (Å²) in [7, 11) is 0. The SMILES string of the molecule is CCn1c(=O)n(CC)c2cc(-c3[nH]c([C@H]4CCCN4)nc3-c3cccc(C)c3)ccc21. The van der Waals surface area contributed by atoms with Crippen LogP contribution < -0.4 is 11.0 Å². The third-order valence-corrected chi connectivity index (χ3v) is 6.34. The standard InChI is InChI=1S/C25H29N5O/c1-4-29-20-12-11-18(15-21(20)30(5-2)25(29)31)23-22(17-9-6-8-16(3)14-17)27-24(28-23)19-10-7-13-26-19/h6,8-9,11-12,14-15,19,26H,4-5,7,10,13H2,1-3H3,(H,27,28)/t19-/m1/s1. The Kier molecular flexibility index (Phi) is 5.02. The monoisotopic (exact) mass is 415 g/mol. The van der Waals surface area contributed by atoms with Gasteiger partial charge in [0, 0.05) is 24.2 Å². The van der Waals surface area contributed by atoms with Crippen molar-refractivity contribution in [2.75, 3.05) is 6.54 Å². The molecule has 3 heterocycles. The fourth-order valence-electron chi connectivity index (χ4n) is 4.77. The number of benzene rings is 2. The number of fused-ring (bicyclic) bond motifs is 1. The summed E-state index contributed by atoms with van der Waals surface area (Å²) in [4.78, 5) is 21.5. The van der Waals surface area contributed by atoms with Crippen LogP contribution in [0.5, 0.6) is 0 Å². The molecule has 0 radical (unpaired) electrons. The van der Waals surface area contributed by atoms with E-state index in [0.717, 1.165) is 52.3 Å². The van der Waals surface area contributed by atoms with E-state index in [0.29, 0.717) is 13.1 Å². The quantitative estimate of drug-likeness (QED) is 0.499. The number of H-pyrrole nitrogens is 1. The lowest BCUT2D eigenvalue weighted by atomic mass is 10.0. The van der Waals surface area contributed by atoms with Gasteiger partial charge in [-0.2, -0.15) is 0 Å².